The second-order valence-electron chi connectivity index (χ2n) is 8.61. The number of rotatable bonds is 6. The van der Waals surface area contributed by atoms with Crippen molar-refractivity contribution in [2.45, 2.75) is 26.3 Å². The highest BCUT2D eigenvalue weighted by atomic mass is 19.1. The molecule has 3 amide bonds. The number of urea groups is 1. The predicted molar refractivity (Wildman–Crippen MR) is 128 cm³/mol. The molecule has 2 N–H and O–H groups in total. The fraction of sp³-hybridized carbons (Fsp3) is 0.440. The van der Waals surface area contributed by atoms with Crippen LogP contribution >= 0.6 is 0 Å². The van der Waals surface area contributed by atoms with Crippen LogP contribution in [0.2, 0.25) is 0 Å². The van der Waals surface area contributed by atoms with Gasteiger partial charge in [-0.2, -0.15) is 0 Å². The number of nitrogens with one attached hydrogen (secondary N) is 2. The number of halogens is 1. The minimum absolute atomic E-state index is 0.0239. The van der Waals surface area contributed by atoms with Gasteiger partial charge in [-0.25, -0.2) is 9.18 Å². The van der Waals surface area contributed by atoms with Gasteiger partial charge in [0.25, 0.3) is 5.91 Å². The summed E-state index contributed by atoms with van der Waals surface area (Å²) in [5.41, 5.74) is 3.26. The topological polar surface area (TPSA) is 67.9 Å². The lowest BCUT2D eigenvalue weighted by atomic mass is 10.1. The Labute approximate surface area is 194 Å². The van der Waals surface area contributed by atoms with Crippen molar-refractivity contribution >= 4 is 23.3 Å². The third-order valence-electron chi connectivity index (χ3n) is 6.25. The molecule has 2 saturated heterocycles. The molecule has 0 spiro atoms. The van der Waals surface area contributed by atoms with E-state index in [9.17, 15) is 14.0 Å². The molecule has 0 unspecified atom stereocenters. The number of carbonyl (C=O) groups excluding carboxylic acids is 2. The van der Waals surface area contributed by atoms with Gasteiger partial charge in [-0.3, -0.25) is 9.69 Å². The largest absolute Gasteiger partial charge is 0.368 e. The normalized spacial score (nSPS) is 16.7. The number of likely N-dealkylation sites (tertiary alicyclic amines) is 1. The van der Waals surface area contributed by atoms with E-state index in [1.165, 1.54) is 12.1 Å². The molecule has 0 bridgehead atoms. The molecular weight excluding hydrogens is 421 g/mol. The molecule has 0 aliphatic carbocycles. The molecule has 0 saturated carbocycles. The van der Waals surface area contributed by atoms with Crippen molar-refractivity contribution in [2.24, 2.45) is 0 Å². The highest BCUT2D eigenvalue weighted by molar-refractivity contribution is 6.02. The quantitative estimate of drug-likeness (QED) is 0.702. The van der Waals surface area contributed by atoms with Crippen LogP contribution < -0.4 is 15.5 Å². The molecule has 2 aliphatic rings. The Morgan fingerprint density at radius 2 is 1.64 bits per heavy atom. The zero-order chi connectivity index (χ0) is 23.2. The van der Waals surface area contributed by atoms with Crippen LogP contribution in [0.25, 0.3) is 0 Å². The Kier molecular flexibility index (Phi) is 7.44. The van der Waals surface area contributed by atoms with Gasteiger partial charge in [0.2, 0.25) is 0 Å². The maximum absolute atomic E-state index is 13.3. The number of nitrogens with zero attached hydrogens (tertiary/aromatic N) is 3. The summed E-state index contributed by atoms with van der Waals surface area (Å²) in [7, 11) is 0. The van der Waals surface area contributed by atoms with Gasteiger partial charge in [0.15, 0.2) is 0 Å². The molecule has 2 fully saturated rings. The Balaban J connectivity index is 1.48. The molecule has 2 aliphatic heterocycles. The van der Waals surface area contributed by atoms with Crippen LogP contribution in [0, 0.1) is 5.82 Å². The van der Waals surface area contributed by atoms with Gasteiger partial charge in [0, 0.05) is 63.7 Å². The monoisotopic (exact) mass is 453 g/mol. The van der Waals surface area contributed by atoms with Crippen LogP contribution in [0.5, 0.6) is 0 Å². The zero-order valence-corrected chi connectivity index (χ0v) is 19.1. The van der Waals surface area contributed by atoms with Crippen LogP contribution in [0.4, 0.5) is 20.6 Å². The number of anilines is 2. The fourth-order valence-corrected chi connectivity index (χ4v) is 4.48. The minimum atomic E-state index is -0.278. The van der Waals surface area contributed by atoms with Crippen LogP contribution in [0.1, 0.15) is 35.7 Å². The summed E-state index contributed by atoms with van der Waals surface area (Å²) < 4.78 is 13.2. The summed E-state index contributed by atoms with van der Waals surface area (Å²) in [6.07, 6.45) is 2.06. The molecule has 8 heteroatoms. The second-order valence-corrected chi connectivity index (χ2v) is 8.61. The molecule has 2 aromatic carbocycles. The van der Waals surface area contributed by atoms with Gasteiger partial charge in [0.1, 0.15) is 5.82 Å². The minimum Gasteiger partial charge on any atom is -0.368 e. The van der Waals surface area contributed by atoms with E-state index in [0.717, 1.165) is 69.9 Å². The van der Waals surface area contributed by atoms with Crippen molar-refractivity contribution in [2.75, 3.05) is 56.0 Å². The molecule has 0 aromatic heterocycles. The van der Waals surface area contributed by atoms with Crippen molar-refractivity contribution in [1.29, 1.82) is 0 Å². The van der Waals surface area contributed by atoms with Crippen LogP contribution in [0.15, 0.2) is 42.5 Å². The zero-order valence-electron chi connectivity index (χ0n) is 19.1. The van der Waals surface area contributed by atoms with E-state index in [1.807, 2.05) is 36.1 Å². The first-order chi connectivity index (χ1) is 16.0. The van der Waals surface area contributed by atoms with Gasteiger partial charge < -0.3 is 20.4 Å². The Hall–Kier alpha value is -3.13. The maximum Gasteiger partial charge on any atom is 0.319 e. The molecule has 0 atom stereocenters. The standard InChI is InChI=1S/C25H32FN5O2/c1-2-27-25(33)28-21-9-10-23(22(17-21)24(32)31-11-3-4-12-31)30-15-13-29(14-16-30)18-19-5-7-20(26)8-6-19/h5-10,17H,2-4,11-16,18H2,1H3,(H2,27,28,33). The number of carbonyl (C=O) groups is 2. The number of hydrogen-bond acceptors (Lipinski definition) is 4. The van der Waals surface area contributed by atoms with Gasteiger partial charge in [-0.05, 0) is 55.7 Å². The lowest BCUT2D eigenvalue weighted by Gasteiger charge is -2.37. The molecule has 176 valence electrons. The number of benzene rings is 2. The number of amides is 3. The number of hydrogen-bond donors (Lipinski definition) is 2. The predicted octanol–water partition coefficient (Wildman–Crippen LogP) is 3.53. The molecule has 4 rings (SSSR count). The van der Waals surface area contributed by atoms with Crippen molar-refractivity contribution < 1.29 is 14.0 Å². The summed E-state index contributed by atoms with van der Waals surface area (Å²) in [6.45, 7) is 8.03. The highest BCUT2D eigenvalue weighted by Crippen LogP contribution is 2.28. The van der Waals surface area contributed by atoms with E-state index in [-0.39, 0.29) is 17.8 Å². The Morgan fingerprint density at radius 3 is 2.30 bits per heavy atom. The highest BCUT2D eigenvalue weighted by Gasteiger charge is 2.26. The lowest BCUT2D eigenvalue weighted by molar-refractivity contribution is 0.0793. The third kappa shape index (κ3) is 5.82. The first-order valence-electron chi connectivity index (χ1n) is 11.7. The van der Waals surface area contributed by atoms with E-state index in [0.29, 0.717) is 17.8 Å². The smallest absolute Gasteiger partial charge is 0.319 e. The fourth-order valence-electron chi connectivity index (χ4n) is 4.48. The van der Waals surface area contributed by atoms with E-state index >= 15 is 0 Å². The van der Waals surface area contributed by atoms with Crippen molar-refractivity contribution in [3.05, 3.63) is 59.4 Å². The molecule has 7 nitrogen and oxygen atoms in total. The SMILES string of the molecule is CCNC(=O)Nc1ccc(N2CCN(Cc3ccc(F)cc3)CC2)c(C(=O)N2CCCC2)c1. The first-order valence-corrected chi connectivity index (χ1v) is 11.7. The van der Waals surface area contributed by atoms with Gasteiger partial charge in [-0.15, -0.1) is 0 Å². The first kappa shape index (κ1) is 23.0. The van der Waals surface area contributed by atoms with Crippen LogP contribution in [-0.2, 0) is 6.54 Å². The number of piperazine rings is 1. The van der Waals surface area contributed by atoms with Crippen molar-refractivity contribution in [3.63, 3.8) is 0 Å². The molecule has 33 heavy (non-hydrogen) atoms. The van der Waals surface area contributed by atoms with Crippen molar-refractivity contribution in [3.8, 4) is 0 Å². The van der Waals surface area contributed by atoms with E-state index in [2.05, 4.69) is 20.4 Å². The van der Waals surface area contributed by atoms with E-state index in [1.54, 1.807) is 6.07 Å². The molecule has 2 aromatic rings. The molecular formula is C25H32FN5O2. The summed E-state index contributed by atoms with van der Waals surface area (Å²) in [5, 5.41) is 5.54. The second kappa shape index (κ2) is 10.7. The average Bonchev–Trinajstić information content (AvgIpc) is 3.36. The summed E-state index contributed by atoms with van der Waals surface area (Å²) in [5.74, 6) is -0.195. The van der Waals surface area contributed by atoms with Gasteiger partial charge in [0.05, 0.1) is 5.56 Å². The van der Waals surface area contributed by atoms with E-state index < -0.39 is 0 Å². The third-order valence-corrected chi connectivity index (χ3v) is 6.25. The maximum atomic E-state index is 13.3. The molecule has 2 heterocycles. The Morgan fingerprint density at radius 1 is 0.939 bits per heavy atom. The van der Waals surface area contributed by atoms with E-state index in [4.69, 9.17) is 0 Å². The Bertz CT molecular complexity index is 967. The summed E-state index contributed by atoms with van der Waals surface area (Å²) >= 11 is 0. The van der Waals surface area contributed by atoms with Crippen molar-refractivity contribution in [1.82, 2.24) is 15.1 Å². The molecule has 0 radical (unpaired) electrons. The summed E-state index contributed by atoms with van der Waals surface area (Å²) in [4.78, 5) is 31.8. The van der Waals surface area contributed by atoms with Gasteiger partial charge in [-0.1, -0.05) is 12.1 Å². The van der Waals surface area contributed by atoms with Crippen LogP contribution in [-0.4, -0.2) is 67.6 Å². The summed E-state index contributed by atoms with van der Waals surface area (Å²) in [6, 6.07) is 12.0. The average molecular weight is 454 g/mol. The van der Waals surface area contributed by atoms with Gasteiger partial charge >= 0.3 is 6.03 Å². The van der Waals surface area contributed by atoms with Crippen LogP contribution in [0.3, 0.4) is 0 Å². The lowest BCUT2D eigenvalue weighted by Crippen LogP contribution is -2.46.